The predicted molar refractivity (Wildman–Crippen MR) is 74.2 cm³/mol. The summed E-state index contributed by atoms with van der Waals surface area (Å²) in [4.78, 5) is 11.7. The molecule has 0 heterocycles. The zero-order valence-electron chi connectivity index (χ0n) is 11.7. The van der Waals surface area contributed by atoms with Crippen LogP contribution in [-0.4, -0.2) is 32.8 Å². The second kappa shape index (κ2) is 7.76. The van der Waals surface area contributed by atoms with Crippen molar-refractivity contribution < 1.29 is 14.3 Å². The fraction of sp³-hybridized carbons (Fsp3) is 0.500. The zero-order valence-corrected chi connectivity index (χ0v) is 11.7. The van der Waals surface area contributed by atoms with Crippen LogP contribution in [0.1, 0.15) is 24.1 Å². The van der Waals surface area contributed by atoms with Crippen LogP contribution in [0.4, 0.5) is 0 Å². The Morgan fingerprint density at radius 2 is 2.21 bits per heavy atom. The van der Waals surface area contributed by atoms with Crippen LogP contribution in [0.2, 0.25) is 0 Å². The topological polar surface area (TPSA) is 73.6 Å². The summed E-state index contributed by atoms with van der Waals surface area (Å²) in [6.45, 7) is 4.74. The molecule has 0 aliphatic carbocycles. The van der Waals surface area contributed by atoms with Gasteiger partial charge in [-0.3, -0.25) is 4.79 Å². The minimum atomic E-state index is -0.162. The van der Waals surface area contributed by atoms with E-state index < -0.39 is 0 Å². The highest BCUT2D eigenvalue weighted by Crippen LogP contribution is 2.25. The minimum Gasteiger partial charge on any atom is -0.496 e. The van der Waals surface area contributed by atoms with E-state index in [2.05, 4.69) is 5.32 Å². The van der Waals surface area contributed by atoms with Gasteiger partial charge in [-0.15, -0.1) is 0 Å². The minimum absolute atomic E-state index is 0.0235. The second-order valence-electron chi connectivity index (χ2n) is 4.38. The summed E-state index contributed by atoms with van der Waals surface area (Å²) in [6.07, 6.45) is 0. The zero-order chi connectivity index (χ0) is 14.3. The maximum absolute atomic E-state index is 11.7. The van der Waals surface area contributed by atoms with E-state index in [0.717, 1.165) is 16.9 Å². The molecule has 19 heavy (non-hydrogen) atoms. The molecule has 0 aliphatic rings. The molecule has 106 valence electrons. The van der Waals surface area contributed by atoms with E-state index >= 15 is 0 Å². The molecule has 5 nitrogen and oxygen atoms in total. The highest BCUT2D eigenvalue weighted by molar-refractivity contribution is 5.77. The van der Waals surface area contributed by atoms with Crippen molar-refractivity contribution in [2.45, 2.75) is 19.9 Å². The van der Waals surface area contributed by atoms with Gasteiger partial charge in [-0.05, 0) is 19.9 Å². The van der Waals surface area contributed by atoms with Gasteiger partial charge < -0.3 is 20.5 Å². The van der Waals surface area contributed by atoms with Crippen molar-refractivity contribution in [3.63, 3.8) is 0 Å². The van der Waals surface area contributed by atoms with Crippen molar-refractivity contribution >= 4 is 5.91 Å². The van der Waals surface area contributed by atoms with Crippen LogP contribution < -0.4 is 15.8 Å². The largest absolute Gasteiger partial charge is 0.496 e. The van der Waals surface area contributed by atoms with Crippen molar-refractivity contribution in [3.05, 3.63) is 29.3 Å². The number of amides is 1. The number of ether oxygens (including phenoxy) is 2. The van der Waals surface area contributed by atoms with E-state index in [1.165, 1.54) is 0 Å². The third-order valence-electron chi connectivity index (χ3n) is 2.72. The summed E-state index contributed by atoms with van der Waals surface area (Å²) in [5.74, 6) is 0.603. The number of hydrogen-bond acceptors (Lipinski definition) is 4. The smallest absolute Gasteiger partial charge is 0.246 e. The molecule has 1 atom stereocenters. The van der Waals surface area contributed by atoms with Crippen LogP contribution in [-0.2, 0) is 9.53 Å². The van der Waals surface area contributed by atoms with Crippen LogP contribution in [0.5, 0.6) is 5.75 Å². The summed E-state index contributed by atoms with van der Waals surface area (Å²) in [5, 5.41) is 2.87. The summed E-state index contributed by atoms with van der Waals surface area (Å²) >= 11 is 0. The molecule has 3 N–H and O–H groups in total. The van der Waals surface area contributed by atoms with E-state index in [1.54, 1.807) is 7.11 Å². The van der Waals surface area contributed by atoms with Crippen molar-refractivity contribution in [2.75, 3.05) is 26.9 Å². The SMILES string of the molecule is COc1ccc(C)cc1C(C)NC(=O)COCCN. The quantitative estimate of drug-likeness (QED) is 0.726. The molecule has 1 aromatic carbocycles. The average molecular weight is 266 g/mol. The first kappa shape index (κ1) is 15.5. The van der Waals surface area contributed by atoms with E-state index in [4.69, 9.17) is 15.2 Å². The Kier molecular flexibility index (Phi) is 6.32. The van der Waals surface area contributed by atoms with Gasteiger partial charge in [-0.1, -0.05) is 17.7 Å². The highest BCUT2D eigenvalue weighted by Gasteiger charge is 2.14. The van der Waals surface area contributed by atoms with E-state index in [9.17, 15) is 4.79 Å². The monoisotopic (exact) mass is 266 g/mol. The van der Waals surface area contributed by atoms with E-state index in [1.807, 2.05) is 32.0 Å². The molecule has 0 aliphatic heterocycles. The third kappa shape index (κ3) is 4.89. The molecule has 0 spiro atoms. The first-order valence-corrected chi connectivity index (χ1v) is 6.30. The number of carbonyl (C=O) groups is 1. The van der Waals surface area contributed by atoms with Crippen LogP contribution in [0, 0.1) is 6.92 Å². The van der Waals surface area contributed by atoms with Crippen molar-refractivity contribution in [1.82, 2.24) is 5.32 Å². The molecule has 0 fully saturated rings. The van der Waals surface area contributed by atoms with Crippen LogP contribution in [0.15, 0.2) is 18.2 Å². The number of nitrogens with one attached hydrogen (secondary N) is 1. The Morgan fingerprint density at radius 1 is 1.47 bits per heavy atom. The predicted octanol–water partition coefficient (Wildman–Crippen LogP) is 1.16. The van der Waals surface area contributed by atoms with Gasteiger partial charge in [-0.25, -0.2) is 0 Å². The molecular weight excluding hydrogens is 244 g/mol. The van der Waals surface area contributed by atoms with Gasteiger partial charge in [0.2, 0.25) is 5.91 Å². The standard InChI is InChI=1S/C14H22N2O3/c1-10-4-5-13(18-3)12(8-10)11(2)16-14(17)9-19-7-6-15/h4-5,8,11H,6-7,9,15H2,1-3H3,(H,16,17). The lowest BCUT2D eigenvalue weighted by atomic mass is 10.0. The molecule has 0 bridgehead atoms. The van der Waals surface area contributed by atoms with Crippen molar-refractivity contribution in [3.8, 4) is 5.75 Å². The third-order valence-corrected chi connectivity index (χ3v) is 2.72. The Bertz CT molecular complexity index is 421. The van der Waals surface area contributed by atoms with Crippen LogP contribution >= 0.6 is 0 Å². The Labute approximate surface area is 114 Å². The number of hydrogen-bond donors (Lipinski definition) is 2. The Morgan fingerprint density at radius 3 is 2.84 bits per heavy atom. The first-order chi connectivity index (χ1) is 9.08. The maximum atomic E-state index is 11.7. The molecule has 0 saturated heterocycles. The molecule has 0 aromatic heterocycles. The average Bonchev–Trinajstić information content (AvgIpc) is 2.39. The number of nitrogens with two attached hydrogens (primary N) is 1. The molecular formula is C14H22N2O3. The lowest BCUT2D eigenvalue weighted by Crippen LogP contribution is -2.31. The molecule has 1 rings (SSSR count). The van der Waals surface area contributed by atoms with Crippen molar-refractivity contribution in [1.29, 1.82) is 0 Å². The molecule has 1 aromatic rings. The van der Waals surface area contributed by atoms with Crippen molar-refractivity contribution in [2.24, 2.45) is 5.73 Å². The van der Waals surface area contributed by atoms with Gasteiger partial charge in [0, 0.05) is 12.1 Å². The van der Waals surface area contributed by atoms with Gasteiger partial charge in [0.15, 0.2) is 0 Å². The molecule has 1 amide bonds. The van der Waals surface area contributed by atoms with Gasteiger partial charge in [0.05, 0.1) is 19.8 Å². The van der Waals surface area contributed by atoms with E-state index in [-0.39, 0.29) is 18.6 Å². The van der Waals surface area contributed by atoms with Gasteiger partial charge in [0.25, 0.3) is 0 Å². The molecule has 1 unspecified atom stereocenters. The normalized spacial score (nSPS) is 12.0. The second-order valence-corrected chi connectivity index (χ2v) is 4.38. The maximum Gasteiger partial charge on any atom is 0.246 e. The van der Waals surface area contributed by atoms with Gasteiger partial charge >= 0.3 is 0 Å². The summed E-state index contributed by atoms with van der Waals surface area (Å²) in [6, 6.07) is 5.74. The fourth-order valence-electron chi connectivity index (χ4n) is 1.80. The first-order valence-electron chi connectivity index (χ1n) is 6.30. The van der Waals surface area contributed by atoms with E-state index in [0.29, 0.717) is 13.2 Å². The summed E-state index contributed by atoms with van der Waals surface area (Å²) in [5.41, 5.74) is 7.36. The summed E-state index contributed by atoms with van der Waals surface area (Å²) < 4.78 is 10.4. The number of aryl methyl sites for hydroxylation is 1. The molecule has 0 saturated carbocycles. The van der Waals surface area contributed by atoms with Crippen LogP contribution in [0.25, 0.3) is 0 Å². The summed E-state index contributed by atoms with van der Waals surface area (Å²) in [7, 11) is 1.62. The lowest BCUT2D eigenvalue weighted by molar-refractivity contribution is -0.126. The Balaban J connectivity index is 2.64. The lowest BCUT2D eigenvalue weighted by Gasteiger charge is -2.18. The number of rotatable bonds is 7. The fourth-order valence-corrected chi connectivity index (χ4v) is 1.80. The van der Waals surface area contributed by atoms with Gasteiger partial charge in [-0.2, -0.15) is 0 Å². The Hall–Kier alpha value is -1.59. The van der Waals surface area contributed by atoms with Gasteiger partial charge in [0.1, 0.15) is 12.4 Å². The number of methoxy groups -OCH3 is 1. The number of carbonyl (C=O) groups excluding carboxylic acids is 1. The molecule has 0 radical (unpaired) electrons. The molecule has 5 heteroatoms. The van der Waals surface area contributed by atoms with Crippen LogP contribution in [0.3, 0.4) is 0 Å². The number of benzene rings is 1. The highest BCUT2D eigenvalue weighted by atomic mass is 16.5.